The number of carbonyl (C=O) groups is 2. The number of benzene rings is 1. The Hall–Kier alpha value is -1.80. The second kappa shape index (κ2) is 8.73. The van der Waals surface area contributed by atoms with E-state index in [4.69, 9.17) is 16.3 Å². The molecule has 0 atom stereocenters. The van der Waals surface area contributed by atoms with Gasteiger partial charge in [0.05, 0.1) is 24.5 Å². The SMILES string of the molecule is CCOC(=O)C1CCN(C(=O)CN(c2ccc(Cl)cc2)S(C)(=O)=O)CC1. The molecule has 1 saturated heterocycles. The fourth-order valence-corrected chi connectivity index (χ4v) is 3.83. The Morgan fingerprint density at radius 2 is 1.81 bits per heavy atom. The van der Waals surface area contributed by atoms with Gasteiger partial charge in [0.1, 0.15) is 6.54 Å². The van der Waals surface area contributed by atoms with Crippen LogP contribution in [0.2, 0.25) is 5.02 Å². The third-order valence-corrected chi connectivity index (χ3v) is 5.65. The number of piperidine rings is 1. The van der Waals surface area contributed by atoms with Crippen LogP contribution in [0.25, 0.3) is 0 Å². The number of esters is 1. The first-order valence-corrected chi connectivity index (χ1v) is 10.6. The molecule has 0 N–H and O–H groups in total. The quantitative estimate of drug-likeness (QED) is 0.678. The number of nitrogens with zero attached hydrogens (tertiary/aromatic N) is 2. The van der Waals surface area contributed by atoms with Gasteiger partial charge in [-0.05, 0) is 44.0 Å². The van der Waals surface area contributed by atoms with Crippen LogP contribution in [-0.4, -0.2) is 57.7 Å². The maximum atomic E-state index is 12.6. The van der Waals surface area contributed by atoms with Crippen LogP contribution in [0.4, 0.5) is 5.69 Å². The number of ether oxygens (including phenoxy) is 1. The van der Waals surface area contributed by atoms with Gasteiger partial charge in [-0.25, -0.2) is 8.42 Å². The van der Waals surface area contributed by atoms with Gasteiger partial charge in [-0.3, -0.25) is 13.9 Å². The number of anilines is 1. The highest BCUT2D eigenvalue weighted by Crippen LogP contribution is 2.22. The number of amides is 1. The lowest BCUT2D eigenvalue weighted by molar-refractivity contribution is -0.151. The molecular weight excluding hydrogens is 380 g/mol. The van der Waals surface area contributed by atoms with Crippen molar-refractivity contribution in [3.8, 4) is 0 Å². The molecule has 0 aromatic heterocycles. The van der Waals surface area contributed by atoms with Gasteiger partial charge in [0.25, 0.3) is 0 Å². The Labute approximate surface area is 158 Å². The van der Waals surface area contributed by atoms with Crippen molar-refractivity contribution in [3.05, 3.63) is 29.3 Å². The second-order valence-corrected chi connectivity index (χ2v) is 8.50. The zero-order chi connectivity index (χ0) is 19.3. The molecule has 0 spiro atoms. The van der Waals surface area contributed by atoms with E-state index in [-0.39, 0.29) is 24.3 Å². The number of hydrogen-bond acceptors (Lipinski definition) is 5. The van der Waals surface area contributed by atoms with Gasteiger partial charge in [0.2, 0.25) is 15.9 Å². The lowest BCUT2D eigenvalue weighted by Crippen LogP contribution is -2.46. The number of carbonyl (C=O) groups excluding carboxylic acids is 2. The van der Waals surface area contributed by atoms with Crippen molar-refractivity contribution >= 4 is 39.2 Å². The number of likely N-dealkylation sites (tertiary alicyclic amines) is 1. The van der Waals surface area contributed by atoms with E-state index in [0.717, 1.165) is 10.6 Å². The van der Waals surface area contributed by atoms with Crippen LogP contribution in [0.3, 0.4) is 0 Å². The number of hydrogen-bond donors (Lipinski definition) is 0. The van der Waals surface area contributed by atoms with Crippen molar-refractivity contribution in [1.82, 2.24) is 4.90 Å². The molecule has 1 amide bonds. The molecule has 0 radical (unpaired) electrons. The molecule has 0 unspecified atom stereocenters. The highest BCUT2D eigenvalue weighted by molar-refractivity contribution is 7.92. The van der Waals surface area contributed by atoms with Crippen LogP contribution < -0.4 is 4.31 Å². The van der Waals surface area contributed by atoms with Crippen LogP contribution >= 0.6 is 11.6 Å². The molecule has 1 fully saturated rings. The molecule has 26 heavy (non-hydrogen) atoms. The molecule has 1 aliphatic rings. The lowest BCUT2D eigenvalue weighted by atomic mass is 9.97. The summed E-state index contributed by atoms with van der Waals surface area (Å²) >= 11 is 5.84. The van der Waals surface area contributed by atoms with E-state index in [1.54, 1.807) is 36.1 Å². The zero-order valence-corrected chi connectivity index (χ0v) is 16.4. The standard InChI is InChI=1S/C17H23ClN2O5S/c1-3-25-17(22)13-8-10-19(11-9-13)16(21)12-20(26(2,23)24)15-6-4-14(18)5-7-15/h4-7,13H,3,8-12H2,1-2H3. The van der Waals surface area contributed by atoms with E-state index < -0.39 is 10.0 Å². The Morgan fingerprint density at radius 3 is 2.31 bits per heavy atom. The van der Waals surface area contributed by atoms with E-state index in [2.05, 4.69) is 0 Å². The summed E-state index contributed by atoms with van der Waals surface area (Å²) < 4.78 is 30.3. The summed E-state index contributed by atoms with van der Waals surface area (Å²) in [7, 11) is -3.63. The van der Waals surface area contributed by atoms with E-state index in [1.807, 2.05) is 0 Å². The third kappa shape index (κ3) is 5.35. The minimum absolute atomic E-state index is 0.207. The molecule has 1 aliphatic heterocycles. The largest absolute Gasteiger partial charge is 0.466 e. The Bertz CT molecular complexity index is 743. The minimum atomic E-state index is -3.63. The fraction of sp³-hybridized carbons (Fsp3) is 0.529. The van der Waals surface area contributed by atoms with E-state index >= 15 is 0 Å². The summed E-state index contributed by atoms with van der Waals surface area (Å²) in [5.41, 5.74) is 0.381. The van der Waals surface area contributed by atoms with Gasteiger partial charge in [0, 0.05) is 18.1 Å². The van der Waals surface area contributed by atoms with Crippen LogP contribution in [0.5, 0.6) is 0 Å². The molecule has 144 valence electrons. The predicted molar refractivity (Wildman–Crippen MR) is 99.6 cm³/mol. The van der Waals surface area contributed by atoms with Gasteiger partial charge in [0.15, 0.2) is 0 Å². The van der Waals surface area contributed by atoms with Gasteiger partial charge >= 0.3 is 5.97 Å². The monoisotopic (exact) mass is 402 g/mol. The maximum Gasteiger partial charge on any atom is 0.309 e. The van der Waals surface area contributed by atoms with E-state index in [0.29, 0.717) is 43.2 Å². The molecular formula is C17H23ClN2O5S. The zero-order valence-electron chi connectivity index (χ0n) is 14.9. The molecule has 2 rings (SSSR count). The number of sulfonamides is 1. The van der Waals surface area contributed by atoms with Gasteiger partial charge in [-0.2, -0.15) is 0 Å². The highest BCUT2D eigenvalue weighted by Gasteiger charge is 2.30. The summed E-state index contributed by atoms with van der Waals surface area (Å²) in [5, 5.41) is 0.481. The molecule has 1 heterocycles. The smallest absolute Gasteiger partial charge is 0.309 e. The molecule has 0 bridgehead atoms. The molecule has 1 aromatic carbocycles. The van der Waals surface area contributed by atoms with Crippen LogP contribution in [0.1, 0.15) is 19.8 Å². The third-order valence-electron chi connectivity index (χ3n) is 4.26. The lowest BCUT2D eigenvalue weighted by Gasteiger charge is -2.32. The first-order chi connectivity index (χ1) is 12.2. The topological polar surface area (TPSA) is 84.0 Å². The normalized spacial score (nSPS) is 15.6. The van der Waals surface area contributed by atoms with Gasteiger partial charge in [-0.1, -0.05) is 11.6 Å². The summed E-state index contributed by atoms with van der Waals surface area (Å²) in [6, 6.07) is 6.27. The minimum Gasteiger partial charge on any atom is -0.466 e. The summed E-state index contributed by atoms with van der Waals surface area (Å²) in [6.07, 6.45) is 2.09. The van der Waals surface area contributed by atoms with Crippen molar-refractivity contribution in [3.63, 3.8) is 0 Å². The van der Waals surface area contributed by atoms with Crippen molar-refractivity contribution < 1.29 is 22.7 Å². The average Bonchev–Trinajstić information content (AvgIpc) is 2.60. The first-order valence-electron chi connectivity index (χ1n) is 8.40. The first kappa shape index (κ1) is 20.5. The van der Waals surface area contributed by atoms with Crippen LogP contribution in [0, 0.1) is 5.92 Å². The molecule has 1 aromatic rings. The highest BCUT2D eigenvalue weighted by atomic mass is 35.5. The summed E-state index contributed by atoms with van der Waals surface area (Å²) in [6.45, 7) is 2.61. The molecule has 9 heteroatoms. The Balaban J connectivity index is 2.02. The number of halogens is 1. The van der Waals surface area contributed by atoms with Crippen molar-refractivity contribution in [1.29, 1.82) is 0 Å². The van der Waals surface area contributed by atoms with Gasteiger partial charge < -0.3 is 9.64 Å². The van der Waals surface area contributed by atoms with Crippen LogP contribution in [-0.2, 0) is 24.3 Å². The average molecular weight is 403 g/mol. The molecule has 0 aliphatic carbocycles. The Morgan fingerprint density at radius 1 is 1.23 bits per heavy atom. The van der Waals surface area contributed by atoms with Crippen molar-refractivity contribution in [2.45, 2.75) is 19.8 Å². The molecule has 7 nitrogen and oxygen atoms in total. The fourth-order valence-electron chi connectivity index (χ4n) is 2.85. The number of rotatable bonds is 6. The van der Waals surface area contributed by atoms with Crippen molar-refractivity contribution in [2.75, 3.05) is 36.8 Å². The van der Waals surface area contributed by atoms with Crippen LogP contribution in [0.15, 0.2) is 24.3 Å². The van der Waals surface area contributed by atoms with E-state index in [9.17, 15) is 18.0 Å². The Kier molecular flexibility index (Phi) is 6.88. The summed E-state index contributed by atoms with van der Waals surface area (Å²) in [5.74, 6) is -0.743. The summed E-state index contributed by atoms with van der Waals surface area (Å²) in [4.78, 5) is 25.9. The maximum absolute atomic E-state index is 12.6. The molecule has 0 saturated carbocycles. The van der Waals surface area contributed by atoms with Gasteiger partial charge in [-0.15, -0.1) is 0 Å². The second-order valence-electron chi connectivity index (χ2n) is 6.15. The predicted octanol–water partition coefficient (Wildman–Crippen LogP) is 1.91. The van der Waals surface area contributed by atoms with E-state index in [1.165, 1.54) is 0 Å². The van der Waals surface area contributed by atoms with Crippen molar-refractivity contribution in [2.24, 2.45) is 5.92 Å².